The lowest BCUT2D eigenvalue weighted by molar-refractivity contribution is 0.0773. The molecule has 0 spiro atoms. The van der Waals surface area contributed by atoms with Gasteiger partial charge in [-0.2, -0.15) is 0 Å². The fourth-order valence-corrected chi connectivity index (χ4v) is 1.42. The minimum Gasteiger partial charge on any atom is -0.385 e. The molecule has 0 aromatic rings. The van der Waals surface area contributed by atoms with Gasteiger partial charge in [-0.05, 0) is 25.8 Å². The Morgan fingerprint density at radius 3 is 2.83 bits per heavy atom. The van der Waals surface area contributed by atoms with Crippen LogP contribution in [0.15, 0.2) is 0 Å². The maximum atomic E-state index is 5.26. The number of methoxy groups -OCH3 is 1. The van der Waals surface area contributed by atoms with E-state index < -0.39 is 0 Å². The summed E-state index contributed by atoms with van der Waals surface area (Å²) < 4.78 is 10.2. The molecule has 1 aliphatic rings. The van der Waals surface area contributed by atoms with Crippen LogP contribution in [0.2, 0.25) is 0 Å². The van der Waals surface area contributed by atoms with Crippen LogP contribution in [0.1, 0.15) is 19.3 Å². The zero-order valence-electron chi connectivity index (χ0n) is 7.84. The van der Waals surface area contributed by atoms with Crippen LogP contribution in [0, 0.1) is 0 Å². The van der Waals surface area contributed by atoms with Gasteiger partial charge in [0, 0.05) is 33.0 Å². The Balaban J connectivity index is 1.91. The molecule has 0 radical (unpaired) electrons. The molecule has 12 heavy (non-hydrogen) atoms. The fraction of sp³-hybridized carbons (Fsp3) is 1.00. The predicted octanol–water partition coefficient (Wildman–Crippen LogP) is 0.791. The van der Waals surface area contributed by atoms with Gasteiger partial charge in [-0.25, -0.2) is 0 Å². The van der Waals surface area contributed by atoms with E-state index in [0.717, 1.165) is 45.6 Å². The minimum absolute atomic E-state index is 0.676. The van der Waals surface area contributed by atoms with Gasteiger partial charge in [0.2, 0.25) is 0 Å². The second-order valence-corrected chi connectivity index (χ2v) is 3.19. The van der Waals surface area contributed by atoms with Crippen molar-refractivity contribution in [3.63, 3.8) is 0 Å². The van der Waals surface area contributed by atoms with Crippen molar-refractivity contribution in [1.29, 1.82) is 0 Å². The van der Waals surface area contributed by atoms with Gasteiger partial charge in [-0.15, -0.1) is 0 Å². The van der Waals surface area contributed by atoms with Crippen LogP contribution in [-0.2, 0) is 9.47 Å². The maximum Gasteiger partial charge on any atom is 0.0480 e. The van der Waals surface area contributed by atoms with E-state index in [4.69, 9.17) is 9.47 Å². The Kier molecular flexibility index (Phi) is 5.32. The van der Waals surface area contributed by atoms with Gasteiger partial charge in [-0.3, -0.25) is 0 Å². The van der Waals surface area contributed by atoms with E-state index in [-0.39, 0.29) is 0 Å². The van der Waals surface area contributed by atoms with Crippen LogP contribution >= 0.6 is 0 Å². The molecule has 3 nitrogen and oxygen atoms in total. The van der Waals surface area contributed by atoms with Crippen molar-refractivity contribution >= 4 is 0 Å². The summed E-state index contributed by atoms with van der Waals surface area (Å²) in [5.41, 5.74) is 0. The average molecular weight is 173 g/mol. The van der Waals surface area contributed by atoms with E-state index in [1.165, 1.54) is 0 Å². The summed E-state index contributed by atoms with van der Waals surface area (Å²) >= 11 is 0. The highest BCUT2D eigenvalue weighted by atomic mass is 16.5. The van der Waals surface area contributed by atoms with Crippen molar-refractivity contribution in [3.8, 4) is 0 Å². The number of rotatable bonds is 5. The standard InChI is InChI=1S/C9H19NO2/c1-11-6-2-5-10-9-3-7-12-8-4-9/h9-10H,2-8H2,1H3. The van der Waals surface area contributed by atoms with E-state index in [2.05, 4.69) is 5.32 Å². The van der Waals surface area contributed by atoms with Gasteiger partial charge >= 0.3 is 0 Å². The van der Waals surface area contributed by atoms with Gasteiger partial charge < -0.3 is 14.8 Å². The predicted molar refractivity (Wildman–Crippen MR) is 48.3 cm³/mol. The molecule has 1 saturated heterocycles. The first-order valence-corrected chi connectivity index (χ1v) is 4.73. The molecule has 0 unspecified atom stereocenters. The second kappa shape index (κ2) is 6.40. The van der Waals surface area contributed by atoms with Crippen LogP contribution in [0.3, 0.4) is 0 Å². The van der Waals surface area contributed by atoms with Gasteiger partial charge in [-0.1, -0.05) is 0 Å². The van der Waals surface area contributed by atoms with E-state index in [0.29, 0.717) is 6.04 Å². The van der Waals surface area contributed by atoms with E-state index in [1.807, 2.05) is 0 Å². The van der Waals surface area contributed by atoms with Crippen LogP contribution in [0.5, 0.6) is 0 Å². The van der Waals surface area contributed by atoms with E-state index in [9.17, 15) is 0 Å². The third kappa shape index (κ3) is 4.04. The van der Waals surface area contributed by atoms with Crippen molar-refractivity contribution in [2.24, 2.45) is 0 Å². The molecule has 0 saturated carbocycles. The number of nitrogens with one attached hydrogen (secondary N) is 1. The monoisotopic (exact) mass is 173 g/mol. The molecule has 0 atom stereocenters. The molecule has 0 aromatic carbocycles. The van der Waals surface area contributed by atoms with Gasteiger partial charge in [0.25, 0.3) is 0 Å². The fourth-order valence-electron chi connectivity index (χ4n) is 1.42. The van der Waals surface area contributed by atoms with Crippen molar-refractivity contribution in [2.75, 3.05) is 33.5 Å². The average Bonchev–Trinajstić information content (AvgIpc) is 2.14. The number of hydrogen-bond acceptors (Lipinski definition) is 3. The topological polar surface area (TPSA) is 30.5 Å². The summed E-state index contributed by atoms with van der Waals surface area (Å²) in [5, 5.41) is 3.50. The third-order valence-electron chi connectivity index (χ3n) is 2.18. The highest BCUT2D eigenvalue weighted by Gasteiger charge is 2.11. The zero-order chi connectivity index (χ0) is 8.65. The Labute approximate surface area is 74.4 Å². The molecule has 0 amide bonds. The molecule has 1 heterocycles. The van der Waals surface area contributed by atoms with Crippen molar-refractivity contribution in [2.45, 2.75) is 25.3 Å². The highest BCUT2D eigenvalue weighted by molar-refractivity contribution is 4.69. The summed E-state index contributed by atoms with van der Waals surface area (Å²) in [7, 11) is 1.74. The zero-order valence-corrected chi connectivity index (χ0v) is 7.84. The molecular weight excluding hydrogens is 154 g/mol. The summed E-state index contributed by atoms with van der Waals surface area (Å²) in [5.74, 6) is 0. The van der Waals surface area contributed by atoms with E-state index in [1.54, 1.807) is 7.11 Å². The van der Waals surface area contributed by atoms with Crippen molar-refractivity contribution in [1.82, 2.24) is 5.32 Å². The summed E-state index contributed by atoms with van der Waals surface area (Å²) in [6.45, 7) is 3.76. The van der Waals surface area contributed by atoms with Gasteiger partial charge in [0.1, 0.15) is 0 Å². The minimum atomic E-state index is 0.676. The Hall–Kier alpha value is -0.120. The Morgan fingerprint density at radius 1 is 1.42 bits per heavy atom. The lowest BCUT2D eigenvalue weighted by Gasteiger charge is -2.23. The molecule has 0 aliphatic carbocycles. The van der Waals surface area contributed by atoms with E-state index >= 15 is 0 Å². The first kappa shape index (κ1) is 9.96. The van der Waals surface area contributed by atoms with Crippen molar-refractivity contribution < 1.29 is 9.47 Å². The Bertz CT molecular complexity index is 103. The Morgan fingerprint density at radius 2 is 2.17 bits per heavy atom. The summed E-state index contributed by atoms with van der Waals surface area (Å²) in [4.78, 5) is 0. The molecule has 1 N–H and O–H groups in total. The molecular formula is C9H19NO2. The second-order valence-electron chi connectivity index (χ2n) is 3.19. The first-order chi connectivity index (χ1) is 5.93. The largest absolute Gasteiger partial charge is 0.385 e. The number of ether oxygens (including phenoxy) is 2. The summed E-state index contributed by atoms with van der Waals surface area (Å²) in [6, 6.07) is 0.676. The van der Waals surface area contributed by atoms with Crippen LogP contribution in [0.25, 0.3) is 0 Å². The molecule has 1 aliphatic heterocycles. The lowest BCUT2D eigenvalue weighted by Crippen LogP contribution is -2.35. The molecule has 72 valence electrons. The third-order valence-corrected chi connectivity index (χ3v) is 2.18. The van der Waals surface area contributed by atoms with Crippen molar-refractivity contribution in [3.05, 3.63) is 0 Å². The molecule has 1 rings (SSSR count). The smallest absolute Gasteiger partial charge is 0.0480 e. The lowest BCUT2D eigenvalue weighted by atomic mass is 10.1. The molecule has 0 bridgehead atoms. The first-order valence-electron chi connectivity index (χ1n) is 4.73. The molecule has 1 fully saturated rings. The summed E-state index contributed by atoms with van der Waals surface area (Å²) in [6.07, 6.45) is 3.42. The van der Waals surface area contributed by atoms with Gasteiger partial charge in [0.05, 0.1) is 0 Å². The molecule has 3 heteroatoms. The molecule has 0 aromatic heterocycles. The normalized spacial score (nSPS) is 19.8. The SMILES string of the molecule is COCCCNC1CCOCC1. The highest BCUT2D eigenvalue weighted by Crippen LogP contribution is 2.05. The van der Waals surface area contributed by atoms with Crippen LogP contribution < -0.4 is 5.32 Å². The quantitative estimate of drug-likeness (QED) is 0.624. The number of hydrogen-bond donors (Lipinski definition) is 1. The maximum absolute atomic E-state index is 5.26. The van der Waals surface area contributed by atoms with Crippen LogP contribution in [0.4, 0.5) is 0 Å². The van der Waals surface area contributed by atoms with Gasteiger partial charge in [0.15, 0.2) is 0 Å². The van der Waals surface area contributed by atoms with Crippen LogP contribution in [-0.4, -0.2) is 39.5 Å².